The van der Waals surface area contributed by atoms with E-state index in [2.05, 4.69) is 0 Å². The summed E-state index contributed by atoms with van der Waals surface area (Å²) in [5.74, 6) is -0.124. The second-order valence-corrected chi connectivity index (χ2v) is 2.85. The number of rotatable bonds is 1. The highest BCUT2D eigenvalue weighted by Gasteiger charge is 2.33. The molecule has 0 spiro atoms. The second kappa shape index (κ2) is 3.56. The van der Waals surface area contributed by atoms with Gasteiger partial charge in [0.25, 0.3) is 0 Å². The molecule has 68 valence electrons. The quantitative estimate of drug-likeness (QED) is 0.594. The van der Waals surface area contributed by atoms with Gasteiger partial charge in [-0.3, -0.25) is 4.79 Å². The Hall–Kier alpha value is -1.06. The minimum absolute atomic E-state index is 0.00319. The third kappa shape index (κ3) is 1.57. The van der Waals surface area contributed by atoms with E-state index in [4.69, 9.17) is 4.74 Å². The van der Waals surface area contributed by atoms with Crippen molar-refractivity contribution >= 4 is 12.0 Å². The number of carbonyl (C=O) groups is 2. The molecule has 1 aliphatic heterocycles. The number of likely N-dealkylation sites (tertiary alicyclic amines) is 1. The fraction of sp³-hybridized carbons (Fsp3) is 0.750. The summed E-state index contributed by atoms with van der Waals surface area (Å²) in [7, 11) is 0. The minimum atomic E-state index is -0.507. The van der Waals surface area contributed by atoms with Gasteiger partial charge in [-0.15, -0.1) is 0 Å². The maximum absolute atomic E-state index is 11.1. The van der Waals surface area contributed by atoms with Crippen molar-refractivity contribution in [1.29, 1.82) is 0 Å². The average Bonchev–Trinajstić information content (AvgIpc) is 2.32. The van der Waals surface area contributed by atoms with E-state index in [1.165, 1.54) is 4.90 Å². The van der Waals surface area contributed by atoms with E-state index >= 15 is 0 Å². The Bertz CT molecular complexity index is 202. The van der Waals surface area contributed by atoms with Crippen molar-refractivity contribution in [1.82, 2.24) is 4.90 Å². The molecule has 12 heavy (non-hydrogen) atoms. The predicted molar refractivity (Wildman–Crippen MR) is 42.6 cm³/mol. The van der Waals surface area contributed by atoms with Crippen LogP contribution in [0.25, 0.3) is 0 Å². The molecule has 0 aliphatic carbocycles. The van der Waals surface area contributed by atoms with Gasteiger partial charge in [0.2, 0.25) is 5.91 Å². The number of hydrogen-bond acceptors (Lipinski definition) is 3. The van der Waals surface area contributed by atoms with Crippen molar-refractivity contribution in [2.75, 3.05) is 6.61 Å². The zero-order valence-corrected chi connectivity index (χ0v) is 7.37. The largest absolute Gasteiger partial charge is 0.449 e. The molecule has 0 radical (unpaired) electrons. The lowest BCUT2D eigenvalue weighted by atomic mass is 10.2. The number of ether oxygens (including phenoxy) is 1. The highest BCUT2D eigenvalue weighted by molar-refractivity contribution is 5.93. The molecule has 0 bridgehead atoms. The Kier molecular flexibility index (Phi) is 2.68. The van der Waals surface area contributed by atoms with Gasteiger partial charge in [-0.1, -0.05) is 0 Å². The average molecular weight is 171 g/mol. The van der Waals surface area contributed by atoms with Crippen LogP contribution in [0.2, 0.25) is 0 Å². The van der Waals surface area contributed by atoms with Crippen LogP contribution in [0, 0.1) is 0 Å². The van der Waals surface area contributed by atoms with Crippen molar-refractivity contribution in [3.8, 4) is 0 Å². The van der Waals surface area contributed by atoms with E-state index in [0.717, 1.165) is 6.42 Å². The molecular formula is C8H13NO3. The lowest BCUT2D eigenvalue weighted by molar-refractivity contribution is -0.127. The van der Waals surface area contributed by atoms with Crippen LogP contribution < -0.4 is 0 Å². The molecule has 4 heteroatoms. The molecule has 1 aliphatic rings. The molecule has 0 unspecified atom stereocenters. The Balaban J connectivity index is 2.59. The van der Waals surface area contributed by atoms with Crippen LogP contribution in [0.15, 0.2) is 0 Å². The smallest absolute Gasteiger partial charge is 0.416 e. The summed E-state index contributed by atoms with van der Waals surface area (Å²) in [5, 5.41) is 0. The predicted octanol–water partition coefficient (Wildman–Crippen LogP) is 1.15. The molecule has 0 saturated carbocycles. The minimum Gasteiger partial charge on any atom is -0.449 e. The Labute approximate surface area is 71.5 Å². The van der Waals surface area contributed by atoms with E-state index in [1.807, 2.05) is 6.92 Å². The molecule has 2 amide bonds. The first-order valence-electron chi connectivity index (χ1n) is 4.15. The molecule has 0 aromatic rings. The Morgan fingerprint density at radius 2 is 2.42 bits per heavy atom. The van der Waals surface area contributed by atoms with E-state index < -0.39 is 6.09 Å². The molecule has 1 atom stereocenters. The van der Waals surface area contributed by atoms with Crippen LogP contribution >= 0.6 is 0 Å². The summed E-state index contributed by atoms with van der Waals surface area (Å²) >= 11 is 0. The number of hydrogen-bond donors (Lipinski definition) is 0. The molecule has 1 heterocycles. The highest BCUT2D eigenvalue weighted by Crippen LogP contribution is 2.18. The van der Waals surface area contributed by atoms with Crippen LogP contribution in [0.1, 0.15) is 26.7 Å². The van der Waals surface area contributed by atoms with Crippen LogP contribution in [-0.2, 0) is 9.53 Å². The first-order valence-corrected chi connectivity index (χ1v) is 4.15. The van der Waals surface area contributed by atoms with Crippen molar-refractivity contribution < 1.29 is 14.3 Å². The summed E-state index contributed by atoms with van der Waals surface area (Å²) in [6, 6.07) is -0.00319. The fourth-order valence-corrected chi connectivity index (χ4v) is 1.30. The molecule has 0 aromatic carbocycles. The molecular weight excluding hydrogens is 158 g/mol. The maximum Gasteiger partial charge on any atom is 0.416 e. The normalized spacial score (nSPS) is 23.0. The van der Waals surface area contributed by atoms with Crippen LogP contribution in [0.3, 0.4) is 0 Å². The van der Waals surface area contributed by atoms with E-state index in [-0.39, 0.29) is 11.9 Å². The maximum atomic E-state index is 11.1. The summed E-state index contributed by atoms with van der Waals surface area (Å²) in [5.41, 5.74) is 0. The lowest BCUT2D eigenvalue weighted by Crippen LogP contribution is -2.37. The third-order valence-corrected chi connectivity index (χ3v) is 1.95. The van der Waals surface area contributed by atoms with E-state index in [1.54, 1.807) is 6.92 Å². The van der Waals surface area contributed by atoms with Gasteiger partial charge >= 0.3 is 6.09 Å². The summed E-state index contributed by atoms with van der Waals surface area (Å²) in [6.45, 7) is 3.89. The highest BCUT2D eigenvalue weighted by atomic mass is 16.6. The molecule has 1 saturated heterocycles. The third-order valence-electron chi connectivity index (χ3n) is 1.95. The van der Waals surface area contributed by atoms with Gasteiger partial charge in [0, 0.05) is 12.5 Å². The van der Waals surface area contributed by atoms with Crippen molar-refractivity contribution in [2.24, 2.45) is 0 Å². The standard InChI is InChI=1S/C8H13NO3/c1-3-12-8(11)9-6(2)4-5-7(9)10/h6H,3-5H2,1-2H3/t6-/m1/s1. The number of carbonyl (C=O) groups excluding carboxylic acids is 2. The second-order valence-electron chi connectivity index (χ2n) is 2.85. The zero-order valence-electron chi connectivity index (χ0n) is 7.37. The SMILES string of the molecule is CCOC(=O)N1C(=O)CC[C@H]1C. The summed E-state index contributed by atoms with van der Waals surface area (Å²) < 4.78 is 4.73. The molecule has 1 rings (SSSR count). The number of imide groups is 1. The van der Waals surface area contributed by atoms with Gasteiger partial charge in [0.1, 0.15) is 0 Å². The number of amides is 2. The topological polar surface area (TPSA) is 46.6 Å². The summed E-state index contributed by atoms with van der Waals surface area (Å²) in [6.07, 6.45) is 0.699. The van der Waals surface area contributed by atoms with Gasteiger partial charge in [-0.25, -0.2) is 9.69 Å². The van der Waals surface area contributed by atoms with Crippen molar-refractivity contribution in [3.63, 3.8) is 0 Å². The van der Waals surface area contributed by atoms with Crippen LogP contribution in [0.4, 0.5) is 4.79 Å². The monoisotopic (exact) mass is 171 g/mol. The van der Waals surface area contributed by atoms with Crippen LogP contribution in [-0.4, -0.2) is 29.5 Å². The van der Waals surface area contributed by atoms with Gasteiger partial charge in [-0.2, -0.15) is 0 Å². The van der Waals surface area contributed by atoms with Gasteiger partial charge in [-0.05, 0) is 20.3 Å². The van der Waals surface area contributed by atoms with Crippen LogP contribution in [0.5, 0.6) is 0 Å². The first-order chi connectivity index (χ1) is 5.66. The number of nitrogens with zero attached hydrogens (tertiary/aromatic N) is 1. The molecule has 1 fully saturated rings. The Morgan fingerprint density at radius 3 is 2.83 bits per heavy atom. The Morgan fingerprint density at radius 1 is 1.75 bits per heavy atom. The fourth-order valence-electron chi connectivity index (χ4n) is 1.30. The molecule has 0 aromatic heterocycles. The van der Waals surface area contributed by atoms with Gasteiger partial charge in [0.05, 0.1) is 6.61 Å². The summed E-state index contributed by atoms with van der Waals surface area (Å²) in [4.78, 5) is 23.5. The lowest BCUT2D eigenvalue weighted by Gasteiger charge is -2.17. The van der Waals surface area contributed by atoms with Crippen molar-refractivity contribution in [3.05, 3.63) is 0 Å². The molecule has 4 nitrogen and oxygen atoms in total. The molecule has 0 N–H and O–H groups in total. The van der Waals surface area contributed by atoms with E-state index in [0.29, 0.717) is 13.0 Å². The zero-order chi connectivity index (χ0) is 9.14. The van der Waals surface area contributed by atoms with Gasteiger partial charge < -0.3 is 4.74 Å². The van der Waals surface area contributed by atoms with E-state index in [9.17, 15) is 9.59 Å². The van der Waals surface area contributed by atoms with Gasteiger partial charge in [0.15, 0.2) is 0 Å². The van der Waals surface area contributed by atoms with Crippen molar-refractivity contribution in [2.45, 2.75) is 32.7 Å². The first kappa shape index (κ1) is 9.03.